The highest BCUT2D eigenvalue weighted by atomic mass is 35.5. The van der Waals surface area contributed by atoms with Crippen LogP contribution < -0.4 is 0 Å². The molecule has 0 radical (unpaired) electrons. The van der Waals surface area contributed by atoms with Crippen molar-refractivity contribution in [2.24, 2.45) is 5.92 Å². The first-order valence-electron chi connectivity index (χ1n) is 5.61. The Bertz CT molecular complexity index is 395. The molecule has 1 saturated heterocycles. The summed E-state index contributed by atoms with van der Waals surface area (Å²) in [5.74, 6) is -2.77. The van der Waals surface area contributed by atoms with Gasteiger partial charge in [0.1, 0.15) is 0 Å². The lowest BCUT2D eigenvalue weighted by Gasteiger charge is -2.20. The SMILES string of the molecule is CCOC(=CC(=O)C(F)(F)F)N1CC(CCl)CC1=O. The number of rotatable bonds is 5. The van der Waals surface area contributed by atoms with Gasteiger partial charge in [0, 0.05) is 18.8 Å². The number of alkyl halides is 4. The van der Waals surface area contributed by atoms with E-state index in [-0.39, 0.29) is 37.3 Å². The van der Waals surface area contributed by atoms with Gasteiger partial charge in [0.2, 0.25) is 5.91 Å². The van der Waals surface area contributed by atoms with Crippen LogP contribution in [0.2, 0.25) is 0 Å². The maximum absolute atomic E-state index is 12.2. The number of carbonyl (C=O) groups is 2. The zero-order chi connectivity index (χ0) is 14.6. The van der Waals surface area contributed by atoms with Crippen molar-refractivity contribution in [1.29, 1.82) is 0 Å². The molecule has 0 aliphatic carbocycles. The molecule has 0 aromatic heterocycles. The number of ether oxygens (including phenoxy) is 1. The molecule has 19 heavy (non-hydrogen) atoms. The Morgan fingerprint density at radius 3 is 2.63 bits per heavy atom. The summed E-state index contributed by atoms with van der Waals surface area (Å²) >= 11 is 5.61. The molecule has 1 rings (SSSR count). The van der Waals surface area contributed by atoms with Gasteiger partial charge in [-0.25, -0.2) is 0 Å². The zero-order valence-electron chi connectivity index (χ0n) is 10.2. The normalized spacial score (nSPS) is 20.9. The minimum absolute atomic E-state index is 0.0479. The summed E-state index contributed by atoms with van der Waals surface area (Å²) in [6, 6.07) is 0. The first kappa shape index (κ1) is 15.8. The topological polar surface area (TPSA) is 46.6 Å². The Morgan fingerprint density at radius 1 is 1.58 bits per heavy atom. The Hall–Kier alpha value is -1.24. The van der Waals surface area contributed by atoms with E-state index >= 15 is 0 Å². The molecule has 1 atom stereocenters. The van der Waals surface area contributed by atoms with E-state index in [0.717, 1.165) is 4.90 Å². The van der Waals surface area contributed by atoms with Gasteiger partial charge in [-0.05, 0) is 12.8 Å². The predicted molar refractivity (Wildman–Crippen MR) is 61.3 cm³/mol. The molecule has 0 saturated carbocycles. The number of hydrogen-bond donors (Lipinski definition) is 0. The van der Waals surface area contributed by atoms with Crippen LogP contribution in [0.4, 0.5) is 13.2 Å². The molecule has 1 aliphatic heterocycles. The lowest BCUT2D eigenvalue weighted by Crippen LogP contribution is -2.29. The third-order valence-corrected chi connectivity index (χ3v) is 2.95. The maximum Gasteiger partial charge on any atom is 0.454 e. The Kier molecular flexibility index (Phi) is 5.22. The van der Waals surface area contributed by atoms with Gasteiger partial charge in [0.15, 0.2) is 5.88 Å². The van der Waals surface area contributed by atoms with Gasteiger partial charge in [-0.2, -0.15) is 13.2 Å². The van der Waals surface area contributed by atoms with Crippen LogP contribution in [0.5, 0.6) is 0 Å². The van der Waals surface area contributed by atoms with Crippen LogP contribution in [0.1, 0.15) is 13.3 Å². The highest BCUT2D eigenvalue weighted by Gasteiger charge is 2.39. The molecule has 0 aromatic rings. The van der Waals surface area contributed by atoms with Crippen LogP contribution in [0.3, 0.4) is 0 Å². The van der Waals surface area contributed by atoms with Crippen molar-refractivity contribution in [3.05, 3.63) is 12.0 Å². The van der Waals surface area contributed by atoms with Gasteiger partial charge in [-0.3, -0.25) is 14.5 Å². The third-order valence-electron chi connectivity index (χ3n) is 2.52. The fraction of sp³-hybridized carbons (Fsp3) is 0.636. The minimum atomic E-state index is -4.99. The molecule has 108 valence electrons. The summed E-state index contributed by atoms with van der Waals surface area (Å²) in [6.45, 7) is 1.75. The second-order valence-electron chi connectivity index (χ2n) is 4.01. The van der Waals surface area contributed by atoms with Gasteiger partial charge in [0.05, 0.1) is 12.7 Å². The molecule has 1 heterocycles. The van der Waals surface area contributed by atoms with E-state index in [1.54, 1.807) is 6.92 Å². The maximum atomic E-state index is 12.2. The summed E-state index contributed by atoms with van der Waals surface area (Å²) in [7, 11) is 0. The van der Waals surface area contributed by atoms with Crippen molar-refractivity contribution in [3.8, 4) is 0 Å². The molecule has 0 spiro atoms. The number of halogens is 4. The molecular formula is C11H13ClF3NO3. The van der Waals surface area contributed by atoms with Gasteiger partial charge in [-0.1, -0.05) is 0 Å². The van der Waals surface area contributed by atoms with Crippen molar-refractivity contribution in [2.75, 3.05) is 19.0 Å². The molecule has 1 unspecified atom stereocenters. The van der Waals surface area contributed by atoms with Crippen LogP contribution in [0, 0.1) is 5.92 Å². The number of ketones is 1. The highest BCUT2D eigenvalue weighted by Crippen LogP contribution is 2.25. The van der Waals surface area contributed by atoms with E-state index in [2.05, 4.69) is 0 Å². The van der Waals surface area contributed by atoms with E-state index < -0.39 is 17.9 Å². The van der Waals surface area contributed by atoms with Crippen LogP contribution in [-0.4, -0.2) is 41.8 Å². The predicted octanol–water partition coefficient (Wildman–Crippen LogP) is 2.08. The van der Waals surface area contributed by atoms with Crippen molar-refractivity contribution in [2.45, 2.75) is 19.5 Å². The number of nitrogens with zero attached hydrogens (tertiary/aromatic N) is 1. The first-order valence-corrected chi connectivity index (χ1v) is 6.15. The van der Waals surface area contributed by atoms with Crippen molar-refractivity contribution in [1.82, 2.24) is 4.90 Å². The van der Waals surface area contributed by atoms with Crippen molar-refractivity contribution in [3.63, 3.8) is 0 Å². The van der Waals surface area contributed by atoms with Crippen LogP contribution >= 0.6 is 11.6 Å². The summed E-state index contributed by atoms with van der Waals surface area (Å²) in [4.78, 5) is 23.6. The molecule has 0 bridgehead atoms. The molecule has 1 amide bonds. The Labute approximate surface area is 113 Å². The minimum Gasteiger partial charge on any atom is -0.479 e. The van der Waals surface area contributed by atoms with Crippen LogP contribution in [-0.2, 0) is 14.3 Å². The Balaban J connectivity index is 2.92. The average molecular weight is 300 g/mol. The van der Waals surface area contributed by atoms with E-state index in [9.17, 15) is 22.8 Å². The number of carbonyl (C=O) groups excluding carboxylic acids is 2. The van der Waals surface area contributed by atoms with Crippen LogP contribution in [0.25, 0.3) is 0 Å². The zero-order valence-corrected chi connectivity index (χ0v) is 10.9. The van der Waals surface area contributed by atoms with Crippen molar-refractivity contribution < 1.29 is 27.5 Å². The fourth-order valence-corrected chi connectivity index (χ4v) is 1.84. The molecule has 4 nitrogen and oxygen atoms in total. The average Bonchev–Trinajstić information content (AvgIpc) is 2.68. The van der Waals surface area contributed by atoms with E-state index in [0.29, 0.717) is 6.08 Å². The summed E-state index contributed by atoms with van der Waals surface area (Å²) in [6.07, 6.45) is -4.55. The van der Waals surface area contributed by atoms with E-state index in [4.69, 9.17) is 16.3 Å². The third kappa shape index (κ3) is 4.12. The molecule has 8 heteroatoms. The summed E-state index contributed by atoms with van der Waals surface area (Å²) in [5, 5.41) is 0. The van der Waals surface area contributed by atoms with E-state index in [1.165, 1.54) is 0 Å². The second-order valence-corrected chi connectivity index (χ2v) is 4.32. The standard InChI is InChI=1S/C11H13ClF3NO3/c1-2-19-10(4-8(17)11(13,14)15)16-6-7(5-12)3-9(16)18/h4,7H,2-3,5-6H2,1H3. The first-order chi connectivity index (χ1) is 8.79. The van der Waals surface area contributed by atoms with Gasteiger partial charge >= 0.3 is 6.18 Å². The molecule has 1 aliphatic rings. The van der Waals surface area contributed by atoms with Gasteiger partial charge in [0.25, 0.3) is 5.78 Å². The number of amides is 1. The van der Waals surface area contributed by atoms with Crippen molar-refractivity contribution >= 4 is 23.3 Å². The number of likely N-dealkylation sites (tertiary alicyclic amines) is 1. The van der Waals surface area contributed by atoms with E-state index in [1.807, 2.05) is 0 Å². The summed E-state index contributed by atoms with van der Waals surface area (Å²) in [5.41, 5.74) is 0. The van der Waals surface area contributed by atoms with Gasteiger partial charge < -0.3 is 4.74 Å². The lowest BCUT2D eigenvalue weighted by molar-refractivity contribution is -0.165. The molecule has 0 N–H and O–H groups in total. The number of hydrogen-bond acceptors (Lipinski definition) is 3. The highest BCUT2D eigenvalue weighted by molar-refractivity contribution is 6.18. The van der Waals surface area contributed by atoms with Crippen LogP contribution in [0.15, 0.2) is 12.0 Å². The quantitative estimate of drug-likeness (QED) is 0.444. The summed E-state index contributed by atoms with van der Waals surface area (Å²) < 4.78 is 41.6. The Morgan fingerprint density at radius 2 is 2.21 bits per heavy atom. The second kappa shape index (κ2) is 6.27. The fourth-order valence-electron chi connectivity index (χ4n) is 1.64. The largest absolute Gasteiger partial charge is 0.479 e. The molecule has 0 aromatic carbocycles. The number of allylic oxidation sites excluding steroid dienone is 1. The monoisotopic (exact) mass is 299 g/mol. The molecular weight excluding hydrogens is 287 g/mol. The smallest absolute Gasteiger partial charge is 0.454 e. The van der Waals surface area contributed by atoms with Gasteiger partial charge in [-0.15, -0.1) is 11.6 Å². The molecule has 1 fully saturated rings. The lowest BCUT2D eigenvalue weighted by atomic mass is 10.1.